The van der Waals surface area contributed by atoms with Gasteiger partial charge >= 0.3 is 0 Å². The topological polar surface area (TPSA) is 25.8 Å². The maximum atomic E-state index is 4.23. The molecule has 0 spiro atoms. The Morgan fingerprint density at radius 2 is 2.25 bits per heavy atom. The van der Waals surface area contributed by atoms with E-state index in [4.69, 9.17) is 0 Å². The van der Waals surface area contributed by atoms with Gasteiger partial charge in [0.15, 0.2) is 4.73 Å². The first-order valence-corrected chi connectivity index (χ1v) is 5.06. The van der Waals surface area contributed by atoms with Crippen molar-refractivity contribution in [2.45, 2.75) is 0 Å². The quantitative estimate of drug-likeness (QED) is 0.717. The minimum absolute atomic E-state index is 0.633. The van der Waals surface area contributed by atoms with Gasteiger partial charge in [-0.3, -0.25) is 0 Å². The lowest BCUT2D eigenvalue weighted by molar-refractivity contribution is 1.12. The van der Waals surface area contributed by atoms with E-state index in [1.807, 2.05) is 23.6 Å². The zero-order valence-electron chi connectivity index (χ0n) is 6.07. The molecule has 0 amide bonds. The van der Waals surface area contributed by atoms with Gasteiger partial charge in [-0.2, -0.15) is 0 Å². The fourth-order valence-corrected chi connectivity index (χ4v) is 1.90. The number of thiophene rings is 1. The second kappa shape index (κ2) is 3.33. The maximum absolute atomic E-state index is 4.23. The summed E-state index contributed by atoms with van der Waals surface area (Å²) in [7, 11) is 0. The molecule has 2 heterocycles. The Morgan fingerprint density at radius 1 is 1.33 bits per heavy atom. The van der Waals surface area contributed by atoms with Gasteiger partial charge in [0, 0.05) is 6.20 Å². The lowest BCUT2D eigenvalue weighted by Crippen LogP contribution is -1.83. The van der Waals surface area contributed by atoms with Crippen LogP contribution in [-0.4, -0.2) is 9.97 Å². The monoisotopic (exact) mass is 240 g/mol. The third kappa shape index (κ3) is 1.54. The van der Waals surface area contributed by atoms with Crippen LogP contribution in [0, 0.1) is 0 Å². The molecule has 12 heavy (non-hydrogen) atoms. The van der Waals surface area contributed by atoms with Crippen molar-refractivity contribution in [2.75, 3.05) is 0 Å². The van der Waals surface area contributed by atoms with Crippen LogP contribution in [0.5, 0.6) is 0 Å². The SMILES string of the molecule is Brc1nccc(-c2cccs2)n1. The summed E-state index contributed by atoms with van der Waals surface area (Å²) in [5.41, 5.74) is 0.965. The molecule has 0 saturated carbocycles. The first kappa shape index (κ1) is 7.89. The highest BCUT2D eigenvalue weighted by molar-refractivity contribution is 9.10. The van der Waals surface area contributed by atoms with Gasteiger partial charge in [0.05, 0.1) is 10.6 Å². The number of hydrogen-bond acceptors (Lipinski definition) is 3. The van der Waals surface area contributed by atoms with Crippen molar-refractivity contribution >= 4 is 27.3 Å². The molecule has 0 aliphatic heterocycles. The van der Waals surface area contributed by atoms with Gasteiger partial charge in [-0.15, -0.1) is 11.3 Å². The van der Waals surface area contributed by atoms with Crippen molar-refractivity contribution in [2.24, 2.45) is 0 Å². The molecule has 2 rings (SSSR count). The van der Waals surface area contributed by atoms with Crippen LogP contribution in [0.15, 0.2) is 34.5 Å². The predicted octanol–water partition coefficient (Wildman–Crippen LogP) is 2.97. The predicted molar refractivity (Wildman–Crippen MR) is 53.0 cm³/mol. The lowest BCUT2D eigenvalue weighted by Gasteiger charge is -1.94. The van der Waals surface area contributed by atoms with Crippen molar-refractivity contribution in [3.05, 3.63) is 34.5 Å². The molecule has 0 N–H and O–H groups in total. The zero-order valence-corrected chi connectivity index (χ0v) is 8.47. The number of nitrogens with zero attached hydrogens (tertiary/aromatic N) is 2. The van der Waals surface area contributed by atoms with Crippen LogP contribution in [0.4, 0.5) is 0 Å². The number of hydrogen-bond donors (Lipinski definition) is 0. The summed E-state index contributed by atoms with van der Waals surface area (Å²) < 4.78 is 0.633. The first-order valence-electron chi connectivity index (χ1n) is 3.39. The Kier molecular flexibility index (Phi) is 2.19. The largest absolute Gasteiger partial charge is 0.231 e. The fraction of sp³-hybridized carbons (Fsp3) is 0. The molecule has 0 aromatic carbocycles. The summed E-state index contributed by atoms with van der Waals surface area (Å²) in [6.07, 6.45) is 1.74. The molecule has 0 unspecified atom stereocenters. The van der Waals surface area contributed by atoms with Crippen molar-refractivity contribution in [3.8, 4) is 10.6 Å². The van der Waals surface area contributed by atoms with E-state index < -0.39 is 0 Å². The minimum Gasteiger partial charge on any atom is -0.231 e. The number of aromatic nitrogens is 2. The third-order valence-electron chi connectivity index (χ3n) is 1.40. The van der Waals surface area contributed by atoms with Crippen molar-refractivity contribution in [1.82, 2.24) is 9.97 Å². The standard InChI is InChI=1S/C8H5BrN2S/c9-8-10-4-3-6(11-8)7-2-1-5-12-7/h1-5H. The molecule has 0 aliphatic carbocycles. The summed E-state index contributed by atoms with van der Waals surface area (Å²) in [5.74, 6) is 0. The van der Waals surface area contributed by atoms with Gasteiger partial charge in [0.25, 0.3) is 0 Å². The van der Waals surface area contributed by atoms with E-state index in [0.29, 0.717) is 4.73 Å². The number of rotatable bonds is 1. The molecule has 0 radical (unpaired) electrons. The molecule has 2 nitrogen and oxygen atoms in total. The van der Waals surface area contributed by atoms with Gasteiger partial charge in [0.1, 0.15) is 0 Å². The molecule has 0 aliphatic rings. The number of halogens is 1. The molecule has 60 valence electrons. The van der Waals surface area contributed by atoms with E-state index in [0.717, 1.165) is 10.6 Å². The van der Waals surface area contributed by atoms with Gasteiger partial charge in [-0.25, -0.2) is 9.97 Å². The summed E-state index contributed by atoms with van der Waals surface area (Å²) in [6, 6.07) is 5.95. The van der Waals surface area contributed by atoms with Crippen molar-refractivity contribution in [1.29, 1.82) is 0 Å². The Bertz CT molecular complexity index is 372. The molecule has 4 heteroatoms. The van der Waals surface area contributed by atoms with E-state index >= 15 is 0 Å². The lowest BCUT2D eigenvalue weighted by atomic mass is 10.3. The van der Waals surface area contributed by atoms with Crippen LogP contribution < -0.4 is 0 Å². The molecule has 0 bridgehead atoms. The van der Waals surface area contributed by atoms with Crippen LogP contribution in [0.1, 0.15) is 0 Å². The second-order valence-electron chi connectivity index (χ2n) is 2.19. The molecule has 0 atom stereocenters. The summed E-state index contributed by atoms with van der Waals surface area (Å²) in [4.78, 5) is 9.36. The highest BCUT2D eigenvalue weighted by Crippen LogP contribution is 2.22. The zero-order chi connectivity index (χ0) is 8.39. The van der Waals surface area contributed by atoms with E-state index in [-0.39, 0.29) is 0 Å². The summed E-state index contributed by atoms with van der Waals surface area (Å²) in [5, 5.41) is 2.03. The molecule has 2 aromatic heterocycles. The van der Waals surface area contributed by atoms with Crippen molar-refractivity contribution < 1.29 is 0 Å². The van der Waals surface area contributed by atoms with Crippen LogP contribution in [0.3, 0.4) is 0 Å². The molecular formula is C8H5BrN2S. The highest BCUT2D eigenvalue weighted by Gasteiger charge is 1.99. The fourth-order valence-electron chi connectivity index (χ4n) is 0.896. The van der Waals surface area contributed by atoms with Crippen LogP contribution in [-0.2, 0) is 0 Å². The normalized spacial score (nSPS) is 10.1. The molecule has 0 saturated heterocycles. The average Bonchev–Trinajstić information content (AvgIpc) is 2.56. The smallest absolute Gasteiger partial charge is 0.197 e. The van der Waals surface area contributed by atoms with Gasteiger partial charge < -0.3 is 0 Å². The van der Waals surface area contributed by atoms with E-state index in [1.54, 1.807) is 17.5 Å². The van der Waals surface area contributed by atoms with Crippen LogP contribution in [0.25, 0.3) is 10.6 Å². The minimum atomic E-state index is 0.633. The van der Waals surface area contributed by atoms with E-state index in [1.165, 1.54) is 0 Å². The Balaban J connectivity index is 2.48. The van der Waals surface area contributed by atoms with Gasteiger partial charge in [-0.1, -0.05) is 6.07 Å². The summed E-state index contributed by atoms with van der Waals surface area (Å²) >= 11 is 4.90. The average molecular weight is 241 g/mol. The first-order chi connectivity index (χ1) is 5.86. The Hall–Kier alpha value is -0.740. The Morgan fingerprint density at radius 3 is 2.92 bits per heavy atom. The van der Waals surface area contributed by atoms with Crippen molar-refractivity contribution in [3.63, 3.8) is 0 Å². The van der Waals surface area contributed by atoms with E-state index in [9.17, 15) is 0 Å². The second-order valence-corrected chi connectivity index (χ2v) is 3.85. The maximum Gasteiger partial charge on any atom is 0.197 e. The van der Waals surface area contributed by atoms with Gasteiger partial charge in [-0.05, 0) is 33.4 Å². The molecular weight excluding hydrogens is 236 g/mol. The highest BCUT2D eigenvalue weighted by atomic mass is 79.9. The Labute approximate surface area is 82.4 Å². The third-order valence-corrected chi connectivity index (χ3v) is 2.67. The van der Waals surface area contributed by atoms with E-state index in [2.05, 4.69) is 25.9 Å². The van der Waals surface area contributed by atoms with Crippen LogP contribution >= 0.6 is 27.3 Å². The summed E-state index contributed by atoms with van der Waals surface area (Å²) in [6.45, 7) is 0. The molecule has 0 fully saturated rings. The molecule has 2 aromatic rings. The van der Waals surface area contributed by atoms with Crippen LogP contribution in [0.2, 0.25) is 0 Å². The van der Waals surface area contributed by atoms with Gasteiger partial charge in [0.2, 0.25) is 0 Å².